The van der Waals surface area contributed by atoms with Gasteiger partial charge in [-0.2, -0.15) is 9.40 Å². The van der Waals surface area contributed by atoms with Crippen LogP contribution in [0.4, 0.5) is 0 Å². The van der Waals surface area contributed by atoms with Gasteiger partial charge in [-0.15, -0.1) is 0 Å². The Morgan fingerprint density at radius 2 is 2.17 bits per heavy atom. The van der Waals surface area contributed by atoms with E-state index in [1.165, 1.54) is 10.5 Å². The molecule has 1 rings (SSSR count). The summed E-state index contributed by atoms with van der Waals surface area (Å²) in [7, 11) is -3.52. The molecule has 0 aliphatic heterocycles. The number of H-pyrrole nitrogens is 1. The monoisotopic (exact) mass is 274 g/mol. The second kappa shape index (κ2) is 6.31. The molecule has 0 spiro atoms. The van der Waals surface area contributed by atoms with Gasteiger partial charge < -0.3 is 5.73 Å². The lowest BCUT2D eigenvalue weighted by atomic mass is 10.1. The van der Waals surface area contributed by atoms with E-state index >= 15 is 0 Å². The topological polar surface area (TPSA) is 92.1 Å². The number of nitrogens with one attached hydrogen (secondary N) is 1. The Kier molecular flexibility index (Phi) is 5.30. The van der Waals surface area contributed by atoms with Crippen molar-refractivity contribution in [2.75, 3.05) is 13.1 Å². The van der Waals surface area contributed by atoms with Crippen LogP contribution in [0.1, 0.15) is 32.8 Å². The molecule has 3 N–H and O–H groups in total. The van der Waals surface area contributed by atoms with Crippen LogP contribution in [-0.2, 0) is 16.6 Å². The summed E-state index contributed by atoms with van der Waals surface area (Å²) in [6.45, 7) is 7.03. The maximum atomic E-state index is 12.5. The van der Waals surface area contributed by atoms with Crippen molar-refractivity contribution >= 4 is 10.0 Å². The fourth-order valence-electron chi connectivity index (χ4n) is 1.67. The zero-order chi connectivity index (χ0) is 13.8. The van der Waals surface area contributed by atoms with Crippen LogP contribution in [0.15, 0.2) is 11.2 Å². The number of nitrogens with zero attached hydrogens (tertiary/aromatic N) is 2. The summed E-state index contributed by atoms with van der Waals surface area (Å²) in [4.78, 5) is 0. The number of hydrogen-bond donors (Lipinski definition) is 2. The maximum Gasteiger partial charge on any atom is 0.260 e. The zero-order valence-corrected chi connectivity index (χ0v) is 12.0. The molecule has 1 heterocycles. The first-order valence-corrected chi connectivity index (χ1v) is 7.63. The predicted molar refractivity (Wildman–Crippen MR) is 70.4 cm³/mol. The molecular weight excluding hydrogens is 252 g/mol. The SMILES string of the molecule is CCC(C)CN(CC)S(=O)(=O)c1[nH]ncc1CN. The highest BCUT2D eigenvalue weighted by Crippen LogP contribution is 2.18. The molecule has 0 aliphatic rings. The molecule has 7 heteroatoms. The average Bonchev–Trinajstić information content (AvgIpc) is 2.84. The lowest BCUT2D eigenvalue weighted by Crippen LogP contribution is -2.35. The van der Waals surface area contributed by atoms with E-state index in [4.69, 9.17) is 5.73 Å². The second-order valence-corrected chi connectivity index (χ2v) is 6.27. The lowest BCUT2D eigenvalue weighted by Gasteiger charge is -2.23. The molecule has 18 heavy (non-hydrogen) atoms. The van der Waals surface area contributed by atoms with E-state index in [0.717, 1.165) is 6.42 Å². The molecule has 0 aromatic carbocycles. The van der Waals surface area contributed by atoms with Crippen molar-refractivity contribution in [3.8, 4) is 0 Å². The van der Waals surface area contributed by atoms with Crippen LogP contribution in [0.25, 0.3) is 0 Å². The Balaban J connectivity index is 3.03. The van der Waals surface area contributed by atoms with Gasteiger partial charge in [0.05, 0.1) is 6.20 Å². The van der Waals surface area contributed by atoms with E-state index in [-0.39, 0.29) is 11.6 Å². The molecule has 1 aromatic heterocycles. The van der Waals surface area contributed by atoms with Crippen LogP contribution in [0.3, 0.4) is 0 Å². The molecule has 1 aromatic rings. The Hall–Kier alpha value is -0.920. The van der Waals surface area contributed by atoms with Crippen LogP contribution in [0.2, 0.25) is 0 Å². The van der Waals surface area contributed by atoms with Gasteiger partial charge in [0.2, 0.25) is 0 Å². The van der Waals surface area contributed by atoms with E-state index < -0.39 is 10.0 Å². The van der Waals surface area contributed by atoms with E-state index in [1.54, 1.807) is 0 Å². The molecule has 0 fully saturated rings. The first-order valence-electron chi connectivity index (χ1n) is 6.19. The van der Waals surface area contributed by atoms with Crippen molar-refractivity contribution in [1.82, 2.24) is 14.5 Å². The molecule has 6 nitrogen and oxygen atoms in total. The Morgan fingerprint density at radius 3 is 2.67 bits per heavy atom. The highest BCUT2D eigenvalue weighted by atomic mass is 32.2. The highest BCUT2D eigenvalue weighted by molar-refractivity contribution is 7.89. The average molecular weight is 274 g/mol. The molecule has 104 valence electrons. The summed E-state index contributed by atoms with van der Waals surface area (Å²) in [6, 6.07) is 0. The van der Waals surface area contributed by atoms with Crippen LogP contribution in [0.5, 0.6) is 0 Å². The molecule has 0 saturated carbocycles. The van der Waals surface area contributed by atoms with Crippen molar-refractivity contribution in [2.45, 2.75) is 38.8 Å². The Bertz CT molecular complexity index is 469. The van der Waals surface area contributed by atoms with Crippen LogP contribution in [-0.4, -0.2) is 36.0 Å². The van der Waals surface area contributed by atoms with Gasteiger partial charge >= 0.3 is 0 Å². The normalized spacial score (nSPS) is 14.1. The first-order chi connectivity index (χ1) is 8.47. The number of nitrogens with two attached hydrogens (primary N) is 1. The van der Waals surface area contributed by atoms with E-state index in [0.29, 0.717) is 24.6 Å². The van der Waals surface area contributed by atoms with Crippen molar-refractivity contribution < 1.29 is 8.42 Å². The van der Waals surface area contributed by atoms with Crippen molar-refractivity contribution in [2.24, 2.45) is 11.7 Å². The van der Waals surface area contributed by atoms with Gasteiger partial charge in [-0.1, -0.05) is 27.2 Å². The number of sulfonamides is 1. The molecule has 0 bridgehead atoms. The number of rotatable bonds is 7. The fourth-order valence-corrected chi connectivity index (χ4v) is 3.36. The summed E-state index contributed by atoms with van der Waals surface area (Å²) in [5.74, 6) is 0.323. The Labute approximate surface area is 109 Å². The van der Waals surface area contributed by atoms with E-state index in [9.17, 15) is 8.42 Å². The van der Waals surface area contributed by atoms with Crippen LogP contribution >= 0.6 is 0 Å². The largest absolute Gasteiger partial charge is 0.326 e. The first kappa shape index (κ1) is 15.1. The molecular formula is C11H22N4O2S. The molecule has 0 saturated heterocycles. The number of aromatic amines is 1. The summed E-state index contributed by atoms with van der Waals surface area (Å²) in [5.41, 5.74) is 6.04. The Morgan fingerprint density at radius 1 is 1.50 bits per heavy atom. The minimum absolute atomic E-state index is 0.121. The van der Waals surface area contributed by atoms with Gasteiger partial charge in [0.15, 0.2) is 5.03 Å². The van der Waals surface area contributed by atoms with Gasteiger partial charge in [-0.3, -0.25) is 5.10 Å². The van der Waals surface area contributed by atoms with Crippen molar-refractivity contribution in [1.29, 1.82) is 0 Å². The molecule has 0 aliphatic carbocycles. The smallest absolute Gasteiger partial charge is 0.260 e. The lowest BCUT2D eigenvalue weighted by molar-refractivity contribution is 0.360. The standard InChI is InChI=1S/C11H22N4O2S/c1-4-9(3)8-15(5-2)18(16,17)11-10(6-12)7-13-14-11/h7,9H,4-6,8,12H2,1-3H3,(H,13,14). The molecule has 1 atom stereocenters. The summed E-state index contributed by atoms with van der Waals surface area (Å²) in [6.07, 6.45) is 2.41. The molecule has 0 radical (unpaired) electrons. The predicted octanol–water partition coefficient (Wildman–Crippen LogP) is 0.925. The number of aromatic nitrogens is 2. The third kappa shape index (κ3) is 3.09. The van der Waals surface area contributed by atoms with Crippen molar-refractivity contribution in [3.63, 3.8) is 0 Å². The molecule has 0 amide bonds. The van der Waals surface area contributed by atoms with E-state index in [1.807, 2.05) is 20.8 Å². The van der Waals surface area contributed by atoms with Crippen LogP contribution < -0.4 is 5.73 Å². The van der Waals surface area contributed by atoms with E-state index in [2.05, 4.69) is 10.2 Å². The summed E-state index contributed by atoms with van der Waals surface area (Å²) >= 11 is 0. The van der Waals surface area contributed by atoms with Gasteiger partial charge in [-0.05, 0) is 5.92 Å². The van der Waals surface area contributed by atoms with Crippen LogP contribution in [0, 0.1) is 5.92 Å². The van der Waals surface area contributed by atoms with Gasteiger partial charge in [-0.25, -0.2) is 8.42 Å². The highest BCUT2D eigenvalue weighted by Gasteiger charge is 2.27. The quantitative estimate of drug-likeness (QED) is 0.773. The third-order valence-electron chi connectivity index (χ3n) is 3.06. The second-order valence-electron chi connectivity index (χ2n) is 4.40. The van der Waals surface area contributed by atoms with Gasteiger partial charge in [0.1, 0.15) is 0 Å². The fraction of sp³-hybridized carbons (Fsp3) is 0.727. The molecule has 1 unspecified atom stereocenters. The maximum absolute atomic E-state index is 12.5. The minimum Gasteiger partial charge on any atom is -0.326 e. The number of hydrogen-bond acceptors (Lipinski definition) is 4. The van der Waals surface area contributed by atoms with Gasteiger partial charge in [0, 0.05) is 25.2 Å². The van der Waals surface area contributed by atoms with Gasteiger partial charge in [0.25, 0.3) is 10.0 Å². The zero-order valence-electron chi connectivity index (χ0n) is 11.2. The summed E-state index contributed by atoms with van der Waals surface area (Å²) < 4.78 is 26.4. The van der Waals surface area contributed by atoms with Crippen molar-refractivity contribution in [3.05, 3.63) is 11.8 Å². The third-order valence-corrected chi connectivity index (χ3v) is 5.02. The summed E-state index contributed by atoms with van der Waals surface area (Å²) in [5, 5.41) is 6.43. The minimum atomic E-state index is -3.52.